The van der Waals surface area contributed by atoms with Crippen molar-refractivity contribution in [1.29, 1.82) is 0 Å². The van der Waals surface area contributed by atoms with Gasteiger partial charge in [-0.25, -0.2) is 23.1 Å². The Morgan fingerprint density at radius 2 is 1.82 bits per heavy atom. The molecule has 9 nitrogen and oxygen atoms in total. The van der Waals surface area contributed by atoms with Gasteiger partial charge in [-0.15, -0.1) is 0 Å². The van der Waals surface area contributed by atoms with Crippen molar-refractivity contribution in [3.8, 4) is 5.82 Å². The SMILES string of the molecule is O=C(NC1CCC(Cn2c(=O)n(-c3ccc(NCCO)cn3)c3ccccc32)CC1)c1cc(Cl)cnc1C(F)F. The van der Waals surface area contributed by atoms with Crippen molar-refractivity contribution in [3.05, 3.63) is 81.6 Å². The third kappa shape index (κ3) is 5.85. The lowest BCUT2D eigenvalue weighted by molar-refractivity contribution is 0.0904. The summed E-state index contributed by atoms with van der Waals surface area (Å²) in [6.45, 7) is 0.916. The number of pyridine rings is 2. The van der Waals surface area contributed by atoms with E-state index in [1.807, 2.05) is 30.3 Å². The van der Waals surface area contributed by atoms with E-state index in [0.717, 1.165) is 35.8 Å². The molecule has 0 unspecified atom stereocenters. The van der Waals surface area contributed by atoms with Crippen LogP contribution in [-0.2, 0) is 6.54 Å². The van der Waals surface area contributed by atoms with Gasteiger partial charge >= 0.3 is 5.69 Å². The van der Waals surface area contributed by atoms with Crippen molar-refractivity contribution >= 4 is 34.2 Å². The summed E-state index contributed by atoms with van der Waals surface area (Å²) >= 11 is 5.89. The van der Waals surface area contributed by atoms with Gasteiger partial charge in [0.1, 0.15) is 11.5 Å². The first-order valence-corrected chi connectivity index (χ1v) is 13.5. The van der Waals surface area contributed by atoms with Crippen molar-refractivity contribution in [2.24, 2.45) is 5.92 Å². The lowest BCUT2D eigenvalue weighted by Crippen LogP contribution is -2.39. The molecule has 40 heavy (non-hydrogen) atoms. The molecule has 1 saturated carbocycles. The number of rotatable bonds is 9. The van der Waals surface area contributed by atoms with Crippen molar-refractivity contribution in [2.45, 2.75) is 44.7 Å². The van der Waals surface area contributed by atoms with E-state index in [1.165, 1.54) is 6.07 Å². The molecule has 1 amide bonds. The third-order valence-electron chi connectivity index (χ3n) is 7.21. The van der Waals surface area contributed by atoms with Crippen LogP contribution in [0.2, 0.25) is 5.02 Å². The highest BCUT2D eigenvalue weighted by Gasteiger charge is 2.27. The van der Waals surface area contributed by atoms with E-state index in [4.69, 9.17) is 16.7 Å². The molecule has 0 saturated heterocycles. The van der Waals surface area contributed by atoms with Crippen LogP contribution in [0.4, 0.5) is 14.5 Å². The number of imidazole rings is 1. The summed E-state index contributed by atoms with van der Waals surface area (Å²) in [4.78, 5) is 34.4. The number of alkyl halides is 2. The number of fused-ring (bicyclic) bond motifs is 1. The molecular weight excluding hydrogens is 542 g/mol. The van der Waals surface area contributed by atoms with Crippen molar-refractivity contribution in [2.75, 3.05) is 18.5 Å². The summed E-state index contributed by atoms with van der Waals surface area (Å²) in [6.07, 6.45) is 2.68. The van der Waals surface area contributed by atoms with Crippen LogP contribution in [-0.4, -0.2) is 49.3 Å². The molecule has 1 aliphatic carbocycles. The minimum absolute atomic E-state index is 0.00198. The molecule has 12 heteroatoms. The molecule has 3 N–H and O–H groups in total. The lowest BCUT2D eigenvalue weighted by atomic mass is 9.85. The van der Waals surface area contributed by atoms with Crippen LogP contribution < -0.4 is 16.3 Å². The maximum absolute atomic E-state index is 13.6. The second kappa shape index (κ2) is 12.1. The predicted molar refractivity (Wildman–Crippen MR) is 148 cm³/mol. The Hall–Kier alpha value is -3.83. The van der Waals surface area contributed by atoms with E-state index in [2.05, 4.69) is 20.6 Å². The molecule has 1 aromatic carbocycles. The third-order valence-corrected chi connectivity index (χ3v) is 7.42. The fourth-order valence-electron chi connectivity index (χ4n) is 5.25. The average molecular weight is 571 g/mol. The number of aromatic nitrogens is 4. The molecule has 0 aliphatic heterocycles. The first-order chi connectivity index (χ1) is 19.4. The minimum atomic E-state index is -2.88. The highest BCUT2D eigenvalue weighted by atomic mass is 35.5. The van der Waals surface area contributed by atoms with Crippen LogP contribution in [0.5, 0.6) is 0 Å². The highest BCUT2D eigenvalue weighted by molar-refractivity contribution is 6.30. The highest BCUT2D eigenvalue weighted by Crippen LogP contribution is 2.29. The molecule has 0 spiro atoms. The van der Waals surface area contributed by atoms with Crippen molar-refractivity contribution in [3.63, 3.8) is 0 Å². The quantitative estimate of drug-likeness (QED) is 0.272. The van der Waals surface area contributed by atoms with E-state index in [1.54, 1.807) is 21.4 Å². The van der Waals surface area contributed by atoms with Gasteiger partial charge in [-0.1, -0.05) is 23.7 Å². The average Bonchev–Trinajstić information content (AvgIpc) is 3.23. The first-order valence-electron chi connectivity index (χ1n) is 13.1. The molecule has 210 valence electrons. The zero-order chi connectivity index (χ0) is 28.2. The molecule has 0 radical (unpaired) electrons. The number of aliphatic hydroxyl groups excluding tert-OH is 1. The van der Waals surface area contributed by atoms with Gasteiger partial charge in [0.25, 0.3) is 12.3 Å². The maximum atomic E-state index is 13.6. The number of carbonyl (C=O) groups is 1. The van der Waals surface area contributed by atoms with Gasteiger partial charge in [0, 0.05) is 25.3 Å². The largest absolute Gasteiger partial charge is 0.395 e. The number of nitrogens with one attached hydrogen (secondary N) is 2. The number of halogens is 3. The number of nitrogens with zero attached hydrogens (tertiary/aromatic N) is 4. The number of benzene rings is 1. The second-order valence-corrected chi connectivity index (χ2v) is 10.3. The van der Waals surface area contributed by atoms with E-state index in [0.29, 0.717) is 31.7 Å². The topological polar surface area (TPSA) is 114 Å². The summed E-state index contributed by atoms with van der Waals surface area (Å²) in [7, 11) is 0. The molecule has 1 fully saturated rings. The number of carbonyl (C=O) groups excluding carboxylic acids is 1. The number of hydrogen-bond donors (Lipinski definition) is 3. The van der Waals surface area contributed by atoms with Gasteiger partial charge < -0.3 is 15.7 Å². The molecule has 0 bridgehead atoms. The Bertz CT molecular complexity index is 1550. The van der Waals surface area contributed by atoms with E-state index in [9.17, 15) is 18.4 Å². The van der Waals surface area contributed by atoms with Crippen molar-refractivity contribution in [1.82, 2.24) is 24.4 Å². The van der Waals surface area contributed by atoms with Crippen LogP contribution >= 0.6 is 11.6 Å². The smallest absolute Gasteiger partial charge is 0.334 e. The van der Waals surface area contributed by atoms with Crippen LogP contribution in [0, 0.1) is 5.92 Å². The van der Waals surface area contributed by atoms with Crippen LogP contribution in [0.25, 0.3) is 16.9 Å². The van der Waals surface area contributed by atoms with Gasteiger partial charge in [0.2, 0.25) is 0 Å². The van der Waals surface area contributed by atoms with Gasteiger partial charge in [0.15, 0.2) is 0 Å². The first kappa shape index (κ1) is 27.7. The van der Waals surface area contributed by atoms with E-state index < -0.39 is 18.0 Å². The van der Waals surface area contributed by atoms with Gasteiger partial charge in [0.05, 0.1) is 40.1 Å². The Kier molecular flexibility index (Phi) is 8.41. The summed E-state index contributed by atoms with van der Waals surface area (Å²) < 4.78 is 30.0. The zero-order valence-corrected chi connectivity index (χ0v) is 22.3. The Labute approximate surface area is 233 Å². The van der Waals surface area contributed by atoms with Crippen molar-refractivity contribution < 1.29 is 18.7 Å². The molecule has 5 rings (SSSR count). The Morgan fingerprint density at radius 1 is 1.07 bits per heavy atom. The Morgan fingerprint density at radius 3 is 2.50 bits per heavy atom. The maximum Gasteiger partial charge on any atom is 0.334 e. The fraction of sp³-hybridized carbons (Fsp3) is 0.357. The predicted octanol–water partition coefficient (Wildman–Crippen LogP) is 4.57. The summed E-state index contributed by atoms with van der Waals surface area (Å²) in [5.41, 5.74) is 1.32. The van der Waals surface area contributed by atoms with Gasteiger partial charge in [-0.3, -0.25) is 14.3 Å². The Balaban J connectivity index is 1.28. The lowest BCUT2D eigenvalue weighted by Gasteiger charge is -2.29. The summed E-state index contributed by atoms with van der Waals surface area (Å²) in [5.74, 6) is 0.0882. The second-order valence-electron chi connectivity index (χ2n) is 9.85. The van der Waals surface area contributed by atoms with E-state index >= 15 is 0 Å². The number of amides is 1. The number of hydrogen-bond acceptors (Lipinski definition) is 6. The van der Waals surface area contributed by atoms with Crippen LogP contribution in [0.1, 0.15) is 48.2 Å². The minimum Gasteiger partial charge on any atom is -0.395 e. The number of anilines is 1. The molecule has 3 aromatic heterocycles. The van der Waals surface area contributed by atoms with Gasteiger partial charge in [-0.2, -0.15) is 0 Å². The normalized spacial score (nSPS) is 17.3. The monoisotopic (exact) mass is 570 g/mol. The fourth-order valence-corrected chi connectivity index (χ4v) is 5.40. The molecular formula is C28H29ClF2N6O3. The zero-order valence-electron chi connectivity index (χ0n) is 21.6. The van der Waals surface area contributed by atoms with E-state index in [-0.39, 0.29) is 34.8 Å². The molecule has 0 atom stereocenters. The van der Waals surface area contributed by atoms with Gasteiger partial charge in [-0.05, 0) is 61.9 Å². The van der Waals surface area contributed by atoms with Crippen LogP contribution in [0.3, 0.4) is 0 Å². The van der Waals surface area contributed by atoms with Crippen LogP contribution in [0.15, 0.2) is 59.7 Å². The molecule has 4 aromatic rings. The molecule has 3 heterocycles. The number of aliphatic hydroxyl groups is 1. The summed E-state index contributed by atoms with van der Waals surface area (Å²) in [6, 6.07) is 12.2. The standard InChI is InChI=1S/C28H29ClF2N6O3/c29-18-13-21(25(26(30)31)34-14-18)27(39)35-19-7-5-17(6-8-19)16-36-22-3-1-2-4-23(22)37(28(36)40)24-10-9-20(15-33-24)32-11-12-38/h1-4,9-10,13-15,17,19,26,32,38H,5-8,11-12,16H2,(H,35,39). The summed E-state index contributed by atoms with van der Waals surface area (Å²) in [5, 5.41) is 15.0. The molecule has 1 aliphatic rings. The number of para-hydroxylation sites is 2.